The zero-order valence-electron chi connectivity index (χ0n) is 14.9. The number of allylic oxidation sites excluding steroid dienone is 1. The number of carbonyl (C=O) groups is 2. The highest BCUT2D eigenvalue weighted by atomic mass is 16.5. The van der Waals surface area contributed by atoms with Crippen molar-refractivity contribution in [2.24, 2.45) is 0 Å². The summed E-state index contributed by atoms with van der Waals surface area (Å²) in [6.45, 7) is 1.65. The highest BCUT2D eigenvalue weighted by Crippen LogP contribution is 2.33. The zero-order chi connectivity index (χ0) is 18.4. The lowest BCUT2D eigenvalue weighted by Gasteiger charge is -2.10. The molecule has 1 heterocycles. The number of nitrogens with zero attached hydrogens (tertiary/aromatic N) is 2. The largest absolute Gasteiger partial charge is 0.383 e. The molecule has 26 heavy (non-hydrogen) atoms. The van der Waals surface area contributed by atoms with E-state index >= 15 is 0 Å². The number of rotatable bonds is 8. The molecule has 1 amide bonds. The van der Waals surface area contributed by atoms with Crippen molar-refractivity contribution in [3.05, 3.63) is 59.7 Å². The Hall–Kier alpha value is -2.73. The molecule has 0 unspecified atom stereocenters. The second-order valence-corrected chi connectivity index (χ2v) is 6.27. The van der Waals surface area contributed by atoms with Gasteiger partial charge in [-0.2, -0.15) is 0 Å². The summed E-state index contributed by atoms with van der Waals surface area (Å²) in [5, 5.41) is 2.89. The van der Waals surface area contributed by atoms with Crippen LogP contribution in [0.5, 0.6) is 0 Å². The smallest absolute Gasteiger partial charge is 0.224 e. The Morgan fingerprint density at radius 2 is 2.08 bits per heavy atom. The monoisotopic (exact) mass is 353 g/mol. The summed E-state index contributed by atoms with van der Waals surface area (Å²) in [4.78, 5) is 28.7. The zero-order valence-corrected chi connectivity index (χ0v) is 14.9. The minimum atomic E-state index is -0.150. The molecule has 1 aliphatic rings. The van der Waals surface area contributed by atoms with E-state index in [0.717, 1.165) is 16.8 Å². The maximum atomic E-state index is 12.4. The van der Waals surface area contributed by atoms with Crippen molar-refractivity contribution in [1.82, 2.24) is 14.9 Å². The minimum absolute atomic E-state index is 0.0733. The number of hydrogen-bond donors (Lipinski definition) is 1. The fraction of sp³-hybridized carbons (Fsp3) is 0.350. The first-order valence-electron chi connectivity index (χ1n) is 8.74. The molecule has 1 aromatic heterocycles. The summed E-state index contributed by atoms with van der Waals surface area (Å²) in [5.74, 6) is -0.0766. The number of ether oxygens (including phenoxy) is 1. The molecule has 0 saturated heterocycles. The van der Waals surface area contributed by atoms with Gasteiger partial charge in [0.2, 0.25) is 5.91 Å². The Labute approximate surface area is 152 Å². The Balaban J connectivity index is 1.64. The summed E-state index contributed by atoms with van der Waals surface area (Å²) in [6.07, 6.45) is 4.75. The van der Waals surface area contributed by atoms with Crippen LogP contribution in [0.3, 0.4) is 0 Å². The molecule has 136 valence electrons. The van der Waals surface area contributed by atoms with Gasteiger partial charge in [0, 0.05) is 31.8 Å². The number of nitrogens with one attached hydrogen (secondary N) is 1. The van der Waals surface area contributed by atoms with Crippen molar-refractivity contribution >= 4 is 17.3 Å². The van der Waals surface area contributed by atoms with Crippen LogP contribution in [0, 0.1) is 0 Å². The van der Waals surface area contributed by atoms with Crippen molar-refractivity contribution in [3.63, 3.8) is 0 Å². The quantitative estimate of drug-likeness (QED) is 0.791. The van der Waals surface area contributed by atoms with Crippen molar-refractivity contribution < 1.29 is 14.3 Å². The number of carbonyl (C=O) groups excluding carboxylic acids is 2. The van der Waals surface area contributed by atoms with Crippen LogP contribution in [0.2, 0.25) is 0 Å². The van der Waals surface area contributed by atoms with Crippen molar-refractivity contribution in [2.75, 3.05) is 13.7 Å². The molecule has 3 rings (SSSR count). The normalized spacial score (nSPS) is 14.1. The molecule has 0 bridgehead atoms. The van der Waals surface area contributed by atoms with Gasteiger partial charge < -0.3 is 14.6 Å². The Bertz CT molecular complexity index is 809. The van der Waals surface area contributed by atoms with E-state index in [0.29, 0.717) is 38.1 Å². The molecule has 0 aliphatic heterocycles. The van der Waals surface area contributed by atoms with Gasteiger partial charge in [0.15, 0.2) is 5.78 Å². The van der Waals surface area contributed by atoms with E-state index in [1.54, 1.807) is 19.6 Å². The standard InChI is InChI=1S/C20H23N3O3/c1-26-10-9-23-14-21-12-16(23)13-22-20(25)11-18-17(7-8-19(18)24)15-5-3-2-4-6-15/h2-6,12,14H,7-11,13H2,1H3,(H,22,25). The third-order valence-corrected chi connectivity index (χ3v) is 4.56. The number of aromatic nitrogens is 2. The van der Waals surface area contributed by atoms with Crippen molar-refractivity contribution in [3.8, 4) is 0 Å². The van der Waals surface area contributed by atoms with Gasteiger partial charge in [-0.05, 0) is 17.6 Å². The summed E-state index contributed by atoms with van der Waals surface area (Å²) >= 11 is 0. The van der Waals surface area contributed by atoms with E-state index < -0.39 is 0 Å². The van der Waals surface area contributed by atoms with Gasteiger partial charge in [0.05, 0.1) is 31.6 Å². The van der Waals surface area contributed by atoms with Crippen molar-refractivity contribution in [1.29, 1.82) is 0 Å². The number of hydrogen-bond acceptors (Lipinski definition) is 4. The van der Waals surface area contributed by atoms with Crippen LogP contribution >= 0.6 is 0 Å². The molecular weight excluding hydrogens is 330 g/mol. The highest BCUT2D eigenvalue weighted by molar-refractivity contribution is 6.10. The molecule has 1 aliphatic carbocycles. The topological polar surface area (TPSA) is 73.2 Å². The van der Waals surface area contributed by atoms with Gasteiger partial charge in [-0.1, -0.05) is 30.3 Å². The van der Waals surface area contributed by atoms with E-state index in [2.05, 4.69) is 10.3 Å². The van der Waals surface area contributed by atoms with Crippen LogP contribution in [-0.4, -0.2) is 35.0 Å². The van der Waals surface area contributed by atoms with Gasteiger partial charge in [-0.25, -0.2) is 4.98 Å². The minimum Gasteiger partial charge on any atom is -0.383 e. The number of Topliss-reactive ketones (excluding diaryl/α,β-unsaturated/α-hetero) is 1. The molecule has 2 aromatic rings. The van der Waals surface area contributed by atoms with Gasteiger partial charge in [0.25, 0.3) is 0 Å². The molecular formula is C20H23N3O3. The maximum absolute atomic E-state index is 12.4. The fourth-order valence-corrected chi connectivity index (χ4v) is 3.17. The molecule has 0 radical (unpaired) electrons. The first-order chi connectivity index (χ1) is 12.7. The molecule has 1 N–H and O–H groups in total. The summed E-state index contributed by atoms with van der Waals surface area (Å²) in [6, 6.07) is 9.81. The molecule has 0 saturated carbocycles. The maximum Gasteiger partial charge on any atom is 0.224 e. The number of imidazole rings is 1. The fourth-order valence-electron chi connectivity index (χ4n) is 3.17. The van der Waals surface area contributed by atoms with Gasteiger partial charge >= 0.3 is 0 Å². The number of benzene rings is 1. The van der Waals surface area contributed by atoms with E-state index in [9.17, 15) is 9.59 Å². The second kappa shape index (κ2) is 8.58. The van der Waals surface area contributed by atoms with Crippen molar-refractivity contribution in [2.45, 2.75) is 32.4 Å². The van der Waals surface area contributed by atoms with Crippen LogP contribution in [0.4, 0.5) is 0 Å². The lowest BCUT2D eigenvalue weighted by atomic mass is 10.00. The van der Waals surface area contributed by atoms with Gasteiger partial charge in [-0.15, -0.1) is 0 Å². The third-order valence-electron chi connectivity index (χ3n) is 4.56. The first kappa shape index (κ1) is 18.1. The number of amides is 1. The molecule has 6 heteroatoms. The predicted octanol–water partition coefficient (Wildman–Crippen LogP) is 2.35. The number of ketones is 1. The molecule has 0 fully saturated rings. The van der Waals surface area contributed by atoms with E-state index in [1.165, 1.54) is 0 Å². The van der Waals surface area contributed by atoms with Crippen LogP contribution < -0.4 is 5.32 Å². The first-order valence-corrected chi connectivity index (χ1v) is 8.74. The number of methoxy groups -OCH3 is 1. The van der Waals surface area contributed by atoms with E-state index in [4.69, 9.17) is 4.74 Å². The molecule has 1 aromatic carbocycles. The van der Waals surface area contributed by atoms with E-state index in [1.807, 2.05) is 34.9 Å². The SMILES string of the molecule is COCCn1cncc1CNC(=O)CC1=C(c2ccccc2)CCC1=O. The Morgan fingerprint density at radius 3 is 2.85 bits per heavy atom. The van der Waals surface area contributed by atoms with Crippen LogP contribution in [0.1, 0.15) is 30.5 Å². The average molecular weight is 353 g/mol. The summed E-state index contributed by atoms with van der Waals surface area (Å²) < 4.78 is 7.01. The molecule has 6 nitrogen and oxygen atoms in total. The predicted molar refractivity (Wildman–Crippen MR) is 98.2 cm³/mol. The summed E-state index contributed by atoms with van der Waals surface area (Å²) in [5.41, 5.74) is 3.57. The van der Waals surface area contributed by atoms with Gasteiger partial charge in [0.1, 0.15) is 0 Å². The third kappa shape index (κ3) is 4.26. The molecule has 0 spiro atoms. The summed E-state index contributed by atoms with van der Waals surface area (Å²) in [7, 11) is 1.65. The molecule has 0 atom stereocenters. The Kier molecular flexibility index (Phi) is 5.96. The lowest BCUT2D eigenvalue weighted by Crippen LogP contribution is -2.25. The highest BCUT2D eigenvalue weighted by Gasteiger charge is 2.25. The lowest BCUT2D eigenvalue weighted by molar-refractivity contribution is -0.122. The second-order valence-electron chi connectivity index (χ2n) is 6.27. The van der Waals surface area contributed by atoms with E-state index in [-0.39, 0.29) is 18.1 Å². The van der Waals surface area contributed by atoms with Crippen LogP contribution in [0.25, 0.3) is 5.57 Å². The van der Waals surface area contributed by atoms with Gasteiger partial charge in [-0.3, -0.25) is 9.59 Å². The Morgan fingerprint density at radius 1 is 1.27 bits per heavy atom. The van der Waals surface area contributed by atoms with Crippen LogP contribution in [-0.2, 0) is 27.4 Å². The average Bonchev–Trinajstić information content (AvgIpc) is 3.26. The van der Waals surface area contributed by atoms with Crippen LogP contribution in [0.15, 0.2) is 48.4 Å².